The van der Waals surface area contributed by atoms with Crippen LogP contribution in [0.3, 0.4) is 0 Å². The highest BCUT2D eigenvalue weighted by Crippen LogP contribution is 2.39. The van der Waals surface area contributed by atoms with Gasteiger partial charge in [-0.2, -0.15) is 0 Å². The van der Waals surface area contributed by atoms with Crippen LogP contribution in [-0.4, -0.2) is 70.2 Å². The molecule has 1 aliphatic heterocycles. The first-order valence-corrected chi connectivity index (χ1v) is 9.90. The van der Waals surface area contributed by atoms with E-state index >= 15 is 0 Å². The number of ether oxygens (including phenoxy) is 5. The number of carbonyl (C=O) groups excluding carboxylic acids is 3. The van der Waals surface area contributed by atoms with Gasteiger partial charge in [-0.3, -0.25) is 4.79 Å². The van der Waals surface area contributed by atoms with Crippen molar-refractivity contribution in [2.45, 2.75) is 6.42 Å². The standard InChI is InChI=1S/C21H27N3O9/c1-4-8-32-21(27)23-7-9-30-10-11-31-19-15(28-2)12-14(13-16(19)29-3)20(26)33-24-17(22)5-6-18(24)25/h4-5,12-13H,1,6-11,22H2,2-3H3,(H,23,27). The molecule has 180 valence electrons. The second-order valence-corrected chi connectivity index (χ2v) is 6.38. The van der Waals surface area contributed by atoms with Crippen LogP contribution in [0, 0.1) is 0 Å². The monoisotopic (exact) mass is 465 g/mol. The number of rotatable bonds is 13. The van der Waals surface area contributed by atoms with E-state index in [-0.39, 0.29) is 68.0 Å². The van der Waals surface area contributed by atoms with Crippen LogP contribution in [0.2, 0.25) is 0 Å². The number of amides is 2. The number of hydrogen-bond acceptors (Lipinski definition) is 10. The minimum Gasteiger partial charge on any atom is -0.493 e. The van der Waals surface area contributed by atoms with Crippen LogP contribution in [0.4, 0.5) is 4.79 Å². The van der Waals surface area contributed by atoms with E-state index in [2.05, 4.69) is 11.9 Å². The number of nitrogens with one attached hydrogen (secondary N) is 1. The van der Waals surface area contributed by atoms with E-state index in [1.54, 1.807) is 0 Å². The molecular weight excluding hydrogens is 438 g/mol. The van der Waals surface area contributed by atoms with Gasteiger partial charge < -0.3 is 39.6 Å². The minimum atomic E-state index is -0.827. The maximum absolute atomic E-state index is 12.5. The zero-order valence-corrected chi connectivity index (χ0v) is 18.5. The van der Waals surface area contributed by atoms with Gasteiger partial charge in [0.25, 0.3) is 5.91 Å². The summed E-state index contributed by atoms with van der Waals surface area (Å²) in [6.45, 7) is 4.44. The molecule has 2 amide bonds. The molecule has 0 spiro atoms. The Labute approximate surface area is 190 Å². The lowest BCUT2D eigenvalue weighted by molar-refractivity contribution is -0.155. The molecule has 0 saturated heterocycles. The maximum atomic E-state index is 12.5. The Balaban J connectivity index is 1.89. The van der Waals surface area contributed by atoms with E-state index in [1.165, 1.54) is 38.5 Å². The summed E-state index contributed by atoms with van der Waals surface area (Å²) < 4.78 is 26.5. The van der Waals surface area contributed by atoms with Crippen molar-refractivity contribution in [3.05, 3.63) is 42.2 Å². The molecule has 1 aromatic rings. The molecule has 1 aromatic carbocycles. The zero-order chi connectivity index (χ0) is 24.2. The Kier molecular flexibility index (Phi) is 9.83. The van der Waals surface area contributed by atoms with Crippen LogP contribution >= 0.6 is 0 Å². The normalized spacial score (nSPS) is 12.6. The summed E-state index contributed by atoms with van der Waals surface area (Å²) in [5, 5.41) is 3.25. The summed E-state index contributed by atoms with van der Waals surface area (Å²) in [5.41, 5.74) is 5.71. The first kappa shape index (κ1) is 25.3. The van der Waals surface area contributed by atoms with Crippen molar-refractivity contribution in [1.29, 1.82) is 0 Å². The van der Waals surface area contributed by atoms with Gasteiger partial charge in [-0.15, -0.1) is 5.06 Å². The number of benzene rings is 1. The highest BCUT2D eigenvalue weighted by molar-refractivity contribution is 5.93. The van der Waals surface area contributed by atoms with Gasteiger partial charge in [-0.1, -0.05) is 12.7 Å². The molecule has 0 fully saturated rings. The highest BCUT2D eigenvalue weighted by Gasteiger charge is 2.27. The first-order valence-electron chi connectivity index (χ1n) is 9.90. The van der Waals surface area contributed by atoms with Gasteiger partial charge in [0.05, 0.1) is 39.4 Å². The second kappa shape index (κ2) is 12.8. The summed E-state index contributed by atoms with van der Waals surface area (Å²) in [6.07, 6.45) is 2.40. The smallest absolute Gasteiger partial charge is 0.407 e. The second-order valence-electron chi connectivity index (χ2n) is 6.38. The molecule has 12 heteroatoms. The number of methoxy groups -OCH3 is 2. The van der Waals surface area contributed by atoms with Gasteiger partial charge in [0.15, 0.2) is 11.5 Å². The highest BCUT2D eigenvalue weighted by atomic mass is 16.7. The number of hydroxylamine groups is 2. The quantitative estimate of drug-likeness (QED) is 0.321. The van der Waals surface area contributed by atoms with E-state index in [0.717, 1.165) is 5.06 Å². The lowest BCUT2D eigenvalue weighted by Gasteiger charge is -2.18. The van der Waals surface area contributed by atoms with Crippen LogP contribution in [0.5, 0.6) is 17.2 Å². The molecule has 33 heavy (non-hydrogen) atoms. The summed E-state index contributed by atoms with van der Waals surface area (Å²) in [7, 11) is 2.80. The SMILES string of the molecule is C=CCOC(=O)NCCOCCOc1c(OC)cc(C(=O)ON2C(=O)CC=C2N)cc1OC. The van der Waals surface area contributed by atoms with Crippen LogP contribution in [0.25, 0.3) is 0 Å². The lowest BCUT2D eigenvalue weighted by Crippen LogP contribution is -2.31. The molecule has 0 aliphatic carbocycles. The van der Waals surface area contributed by atoms with Gasteiger partial charge >= 0.3 is 12.1 Å². The number of carbonyl (C=O) groups is 3. The molecule has 0 saturated carbocycles. The van der Waals surface area contributed by atoms with Crippen LogP contribution < -0.4 is 25.3 Å². The third-order valence-corrected chi connectivity index (χ3v) is 4.14. The summed E-state index contributed by atoms with van der Waals surface area (Å²) in [6, 6.07) is 2.78. The number of nitrogens with two attached hydrogens (primary N) is 1. The number of nitrogens with zero attached hydrogens (tertiary/aromatic N) is 1. The molecule has 0 atom stereocenters. The van der Waals surface area contributed by atoms with Crippen molar-refractivity contribution in [3.8, 4) is 17.2 Å². The van der Waals surface area contributed by atoms with Crippen LogP contribution in [-0.2, 0) is 19.1 Å². The maximum Gasteiger partial charge on any atom is 0.407 e. The van der Waals surface area contributed by atoms with Crippen molar-refractivity contribution in [2.75, 3.05) is 47.2 Å². The predicted octanol–water partition coefficient (Wildman–Crippen LogP) is 1.12. The van der Waals surface area contributed by atoms with Gasteiger partial charge in [-0.25, -0.2) is 9.59 Å². The van der Waals surface area contributed by atoms with E-state index in [1.807, 2.05) is 0 Å². The van der Waals surface area contributed by atoms with Crippen molar-refractivity contribution in [2.24, 2.45) is 5.73 Å². The molecule has 0 unspecified atom stereocenters. The first-order chi connectivity index (χ1) is 15.9. The summed E-state index contributed by atoms with van der Waals surface area (Å²) >= 11 is 0. The third-order valence-electron chi connectivity index (χ3n) is 4.14. The molecule has 1 aliphatic rings. The minimum absolute atomic E-state index is 0.0380. The largest absolute Gasteiger partial charge is 0.493 e. The van der Waals surface area contributed by atoms with E-state index in [0.29, 0.717) is 0 Å². The number of hydrogen-bond donors (Lipinski definition) is 2. The van der Waals surface area contributed by atoms with Gasteiger partial charge in [0.1, 0.15) is 19.0 Å². The fourth-order valence-corrected chi connectivity index (χ4v) is 2.60. The summed E-state index contributed by atoms with van der Waals surface area (Å²) in [4.78, 5) is 40.6. The molecule has 2 rings (SSSR count). The van der Waals surface area contributed by atoms with Gasteiger partial charge in [0.2, 0.25) is 5.75 Å². The van der Waals surface area contributed by atoms with E-state index in [9.17, 15) is 14.4 Å². The van der Waals surface area contributed by atoms with Crippen molar-refractivity contribution < 1.29 is 42.9 Å². The lowest BCUT2D eigenvalue weighted by atomic mass is 10.2. The van der Waals surface area contributed by atoms with E-state index in [4.69, 9.17) is 34.3 Å². The Morgan fingerprint density at radius 3 is 2.45 bits per heavy atom. The Morgan fingerprint density at radius 1 is 1.18 bits per heavy atom. The fraction of sp³-hybridized carbons (Fsp3) is 0.381. The predicted molar refractivity (Wildman–Crippen MR) is 115 cm³/mol. The molecule has 0 radical (unpaired) electrons. The van der Waals surface area contributed by atoms with Crippen LogP contribution in [0.1, 0.15) is 16.8 Å². The van der Waals surface area contributed by atoms with Crippen molar-refractivity contribution in [1.82, 2.24) is 10.4 Å². The topological polar surface area (TPSA) is 148 Å². The fourth-order valence-electron chi connectivity index (χ4n) is 2.60. The molecule has 1 heterocycles. The van der Waals surface area contributed by atoms with Crippen LogP contribution in [0.15, 0.2) is 36.7 Å². The molecule has 0 aromatic heterocycles. The third kappa shape index (κ3) is 7.31. The number of alkyl carbamates (subject to hydrolysis) is 1. The van der Waals surface area contributed by atoms with Crippen molar-refractivity contribution >= 4 is 18.0 Å². The Hall–Kier alpha value is -3.93. The summed E-state index contributed by atoms with van der Waals surface area (Å²) in [5.74, 6) is -0.566. The molecule has 3 N–H and O–H groups in total. The van der Waals surface area contributed by atoms with Gasteiger partial charge in [0, 0.05) is 6.54 Å². The van der Waals surface area contributed by atoms with E-state index < -0.39 is 18.0 Å². The molecule has 0 bridgehead atoms. The van der Waals surface area contributed by atoms with Gasteiger partial charge in [-0.05, 0) is 18.2 Å². The molecular formula is C21H27N3O9. The Morgan fingerprint density at radius 2 is 1.88 bits per heavy atom. The average molecular weight is 465 g/mol. The molecule has 12 nitrogen and oxygen atoms in total. The average Bonchev–Trinajstić information content (AvgIpc) is 3.13. The Bertz CT molecular complexity index is 876. The van der Waals surface area contributed by atoms with Crippen molar-refractivity contribution in [3.63, 3.8) is 0 Å². The zero-order valence-electron chi connectivity index (χ0n) is 18.5.